The van der Waals surface area contributed by atoms with E-state index in [1.54, 1.807) is 20.8 Å². The van der Waals surface area contributed by atoms with Gasteiger partial charge >= 0.3 is 6.18 Å². The molecule has 0 radical (unpaired) electrons. The van der Waals surface area contributed by atoms with Crippen molar-refractivity contribution in [2.75, 3.05) is 11.1 Å². The number of alkyl halides is 3. The van der Waals surface area contributed by atoms with E-state index in [1.165, 1.54) is 6.92 Å². The van der Waals surface area contributed by atoms with Gasteiger partial charge in [0.05, 0.1) is 0 Å². The number of nitrogens with one attached hydrogen (secondary N) is 2. The molecule has 0 fully saturated rings. The highest BCUT2D eigenvalue weighted by Gasteiger charge is 2.35. The molecular weight excluding hydrogens is 287 g/mol. The van der Waals surface area contributed by atoms with Crippen LogP contribution in [0.15, 0.2) is 6.07 Å². The van der Waals surface area contributed by atoms with Crippen molar-refractivity contribution in [1.82, 2.24) is 15.3 Å². The standard InChI is InChI=1S/C12H18F3N5O/c1-6(9(21)20-11(2,3)4)17-8-5-7(16)18-10(19-8)12(13,14)15/h5-6H,1-4H3,(H,20,21)(H3,16,17,18,19). The molecule has 0 saturated carbocycles. The van der Waals surface area contributed by atoms with Crippen molar-refractivity contribution in [3.05, 3.63) is 11.9 Å². The number of nitrogens with two attached hydrogens (primary N) is 1. The van der Waals surface area contributed by atoms with Crippen LogP contribution in [0.1, 0.15) is 33.5 Å². The topological polar surface area (TPSA) is 92.9 Å². The van der Waals surface area contributed by atoms with Crippen LogP contribution in [0.4, 0.5) is 24.8 Å². The van der Waals surface area contributed by atoms with Crippen LogP contribution in [-0.2, 0) is 11.0 Å². The van der Waals surface area contributed by atoms with Gasteiger partial charge in [0.1, 0.15) is 17.7 Å². The second kappa shape index (κ2) is 5.74. The van der Waals surface area contributed by atoms with Crippen LogP contribution in [0.3, 0.4) is 0 Å². The summed E-state index contributed by atoms with van der Waals surface area (Å²) in [5, 5.41) is 5.27. The van der Waals surface area contributed by atoms with Gasteiger partial charge in [-0.15, -0.1) is 0 Å². The first-order valence-electron chi connectivity index (χ1n) is 6.19. The Hall–Kier alpha value is -2.06. The van der Waals surface area contributed by atoms with Gasteiger partial charge in [0.2, 0.25) is 11.7 Å². The third-order valence-corrected chi connectivity index (χ3v) is 2.26. The van der Waals surface area contributed by atoms with Crippen LogP contribution in [0, 0.1) is 0 Å². The summed E-state index contributed by atoms with van der Waals surface area (Å²) in [5.74, 6) is -2.21. The normalized spacial score (nSPS) is 13.7. The van der Waals surface area contributed by atoms with Gasteiger partial charge in [-0.1, -0.05) is 0 Å². The Kier molecular flexibility index (Phi) is 4.65. The molecule has 0 aromatic carbocycles. The van der Waals surface area contributed by atoms with E-state index in [0.29, 0.717) is 0 Å². The molecule has 1 unspecified atom stereocenters. The molecule has 0 bridgehead atoms. The van der Waals surface area contributed by atoms with Crippen molar-refractivity contribution in [2.24, 2.45) is 0 Å². The Balaban J connectivity index is 2.88. The van der Waals surface area contributed by atoms with Crippen molar-refractivity contribution in [1.29, 1.82) is 0 Å². The molecule has 0 saturated heterocycles. The monoisotopic (exact) mass is 305 g/mol. The first-order chi connectivity index (χ1) is 9.38. The molecule has 1 aromatic rings. The molecule has 1 heterocycles. The fraction of sp³-hybridized carbons (Fsp3) is 0.583. The highest BCUT2D eigenvalue weighted by molar-refractivity contribution is 5.84. The Morgan fingerprint density at radius 1 is 1.29 bits per heavy atom. The number of nitrogen functional groups attached to an aromatic ring is 1. The number of aromatic nitrogens is 2. The predicted molar refractivity (Wildman–Crippen MR) is 72.4 cm³/mol. The van der Waals surface area contributed by atoms with E-state index in [0.717, 1.165) is 6.07 Å². The summed E-state index contributed by atoms with van der Waals surface area (Å²) < 4.78 is 37.7. The minimum absolute atomic E-state index is 0.161. The number of carbonyl (C=O) groups excluding carboxylic acids is 1. The summed E-state index contributed by atoms with van der Waals surface area (Å²) in [6.45, 7) is 6.89. The second-order valence-electron chi connectivity index (χ2n) is 5.60. The molecule has 6 nitrogen and oxygen atoms in total. The molecule has 0 aliphatic heterocycles. The third-order valence-electron chi connectivity index (χ3n) is 2.26. The lowest BCUT2D eigenvalue weighted by Gasteiger charge is -2.24. The van der Waals surface area contributed by atoms with Crippen LogP contribution < -0.4 is 16.4 Å². The molecular formula is C12H18F3N5O. The van der Waals surface area contributed by atoms with Gasteiger partial charge in [-0.3, -0.25) is 4.79 Å². The van der Waals surface area contributed by atoms with Crippen LogP contribution in [0.25, 0.3) is 0 Å². The van der Waals surface area contributed by atoms with E-state index in [2.05, 4.69) is 20.6 Å². The predicted octanol–water partition coefficient (Wildman–Crippen LogP) is 1.79. The van der Waals surface area contributed by atoms with Crippen LogP contribution >= 0.6 is 0 Å². The molecule has 1 atom stereocenters. The van der Waals surface area contributed by atoms with Crippen LogP contribution in [0.5, 0.6) is 0 Å². The number of carbonyl (C=O) groups is 1. The molecule has 0 aliphatic rings. The minimum Gasteiger partial charge on any atom is -0.384 e. The van der Waals surface area contributed by atoms with Gasteiger partial charge in [0.25, 0.3) is 0 Å². The van der Waals surface area contributed by atoms with Gasteiger partial charge in [0.15, 0.2) is 0 Å². The maximum Gasteiger partial charge on any atom is 0.451 e. The summed E-state index contributed by atoms with van der Waals surface area (Å²) in [5.41, 5.74) is 4.87. The number of nitrogens with zero attached hydrogens (tertiary/aromatic N) is 2. The summed E-state index contributed by atoms with van der Waals surface area (Å²) in [6, 6.07) is 0.357. The molecule has 0 spiro atoms. The molecule has 1 rings (SSSR count). The fourth-order valence-corrected chi connectivity index (χ4v) is 1.43. The summed E-state index contributed by atoms with van der Waals surface area (Å²) in [7, 11) is 0. The number of hydrogen-bond donors (Lipinski definition) is 3. The smallest absolute Gasteiger partial charge is 0.384 e. The van der Waals surface area contributed by atoms with Gasteiger partial charge in [-0.2, -0.15) is 13.2 Å². The molecule has 118 valence electrons. The summed E-state index contributed by atoms with van der Waals surface area (Å²) in [4.78, 5) is 18.3. The molecule has 1 aromatic heterocycles. The summed E-state index contributed by atoms with van der Waals surface area (Å²) in [6.07, 6.45) is -4.71. The summed E-state index contributed by atoms with van der Waals surface area (Å²) >= 11 is 0. The quantitative estimate of drug-likeness (QED) is 0.791. The van der Waals surface area contributed by atoms with E-state index in [9.17, 15) is 18.0 Å². The SMILES string of the molecule is CC(Nc1cc(N)nc(C(F)(F)F)n1)C(=O)NC(C)(C)C. The van der Waals surface area contributed by atoms with Gasteiger partial charge < -0.3 is 16.4 Å². The largest absolute Gasteiger partial charge is 0.451 e. The molecule has 4 N–H and O–H groups in total. The number of halogens is 3. The average molecular weight is 305 g/mol. The van der Waals surface area contributed by atoms with Crippen LogP contribution in [0.2, 0.25) is 0 Å². The fourth-order valence-electron chi connectivity index (χ4n) is 1.43. The number of hydrogen-bond acceptors (Lipinski definition) is 5. The van der Waals surface area contributed by atoms with Crippen molar-refractivity contribution in [3.63, 3.8) is 0 Å². The van der Waals surface area contributed by atoms with Gasteiger partial charge in [-0.05, 0) is 27.7 Å². The minimum atomic E-state index is -4.71. The first-order valence-corrected chi connectivity index (χ1v) is 6.19. The van der Waals surface area contributed by atoms with Crippen molar-refractivity contribution in [2.45, 2.75) is 45.5 Å². The maximum absolute atomic E-state index is 12.6. The van der Waals surface area contributed by atoms with Gasteiger partial charge in [0, 0.05) is 11.6 Å². The highest BCUT2D eigenvalue weighted by atomic mass is 19.4. The zero-order chi connectivity index (χ0) is 16.4. The van der Waals surface area contributed by atoms with Crippen molar-refractivity contribution in [3.8, 4) is 0 Å². The Labute approximate surface area is 120 Å². The maximum atomic E-state index is 12.6. The lowest BCUT2D eigenvalue weighted by atomic mass is 10.1. The Morgan fingerprint density at radius 3 is 2.33 bits per heavy atom. The second-order valence-corrected chi connectivity index (χ2v) is 5.60. The molecule has 21 heavy (non-hydrogen) atoms. The lowest BCUT2D eigenvalue weighted by molar-refractivity contribution is -0.144. The first kappa shape index (κ1) is 17.0. The van der Waals surface area contributed by atoms with Gasteiger partial charge in [-0.25, -0.2) is 9.97 Å². The van der Waals surface area contributed by atoms with E-state index in [1.807, 2.05) is 0 Å². The Bertz CT molecular complexity index is 525. The van der Waals surface area contributed by atoms with E-state index in [-0.39, 0.29) is 17.5 Å². The third kappa shape index (κ3) is 5.44. The highest BCUT2D eigenvalue weighted by Crippen LogP contribution is 2.27. The lowest BCUT2D eigenvalue weighted by Crippen LogP contribution is -2.47. The van der Waals surface area contributed by atoms with E-state index >= 15 is 0 Å². The molecule has 0 aliphatic carbocycles. The number of amides is 1. The van der Waals surface area contributed by atoms with Crippen LogP contribution in [-0.4, -0.2) is 27.5 Å². The Morgan fingerprint density at radius 2 is 1.86 bits per heavy atom. The average Bonchev–Trinajstić information content (AvgIpc) is 2.24. The van der Waals surface area contributed by atoms with Crippen molar-refractivity contribution >= 4 is 17.5 Å². The molecule has 1 amide bonds. The zero-order valence-corrected chi connectivity index (χ0v) is 12.2. The van der Waals surface area contributed by atoms with Crippen molar-refractivity contribution < 1.29 is 18.0 Å². The van der Waals surface area contributed by atoms with E-state index < -0.39 is 23.6 Å². The number of anilines is 2. The number of rotatable bonds is 3. The molecule has 9 heteroatoms. The van der Waals surface area contributed by atoms with E-state index in [4.69, 9.17) is 5.73 Å². The zero-order valence-electron chi connectivity index (χ0n) is 12.2.